The van der Waals surface area contributed by atoms with Gasteiger partial charge in [-0.3, -0.25) is 4.90 Å². The fourth-order valence-corrected chi connectivity index (χ4v) is 6.05. The molecule has 0 fully saturated rings. The van der Waals surface area contributed by atoms with Gasteiger partial charge in [0.15, 0.2) is 16.6 Å². The van der Waals surface area contributed by atoms with Gasteiger partial charge in [0.05, 0.1) is 13.2 Å². The van der Waals surface area contributed by atoms with E-state index in [0.29, 0.717) is 0 Å². The molecule has 0 spiro atoms. The molecule has 0 aliphatic heterocycles. The minimum atomic E-state index is -1.36. The predicted molar refractivity (Wildman–Crippen MR) is 139 cm³/mol. The zero-order valence-corrected chi connectivity index (χ0v) is 24.1. The molecule has 7 heteroatoms. The van der Waals surface area contributed by atoms with Gasteiger partial charge < -0.3 is 18.3 Å². The summed E-state index contributed by atoms with van der Waals surface area (Å²) in [5.41, 5.74) is 0. The van der Waals surface area contributed by atoms with Crippen LogP contribution in [0.25, 0.3) is 0 Å². The van der Waals surface area contributed by atoms with Gasteiger partial charge in [0.25, 0.3) is 0 Å². The molecule has 188 valence electrons. The highest BCUT2D eigenvalue weighted by Crippen LogP contribution is 2.16. The maximum absolute atomic E-state index is 5.84. The molecule has 0 aliphatic rings. The third-order valence-corrected chi connectivity index (χ3v) is 11.6. The third kappa shape index (κ3) is 20.6. The van der Waals surface area contributed by atoms with Gasteiger partial charge in [0, 0.05) is 40.5 Å². The quantitative estimate of drug-likeness (QED) is 0.130. The van der Waals surface area contributed by atoms with E-state index >= 15 is 0 Å². The molecule has 0 aromatic heterocycles. The largest absolute Gasteiger partial charge is 0.420 e. The molecule has 0 N–H and O–H groups in total. The number of hydrogen-bond acceptors (Lipinski definition) is 5. The second kappa shape index (κ2) is 19.7. The molecule has 0 saturated heterocycles. The van der Waals surface area contributed by atoms with Gasteiger partial charge in [-0.25, -0.2) is 0 Å². The van der Waals surface area contributed by atoms with Gasteiger partial charge in [0.2, 0.25) is 0 Å². The smallest absolute Gasteiger partial charge is 0.186 e. The first-order chi connectivity index (χ1) is 14.8. The summed E-state index contributed by atoms with van der Waals surface area (Å²) in [6.45, 7) is 17.9. The van der Waals surface area contributed by atoms with Gasteiger partial charge in [-0.1, -0.05) is 45.4 Å². The second-order valence-corrected chi connectivity index (χ2v) is 18.8. The van der Waals surface area contributed by atoms with Gasteiger partial charge in [-0.2, -0.15) is 0 Å². The van der Waals surface area contributed by atoms with Gasteiger partial charge in [-0.15, -0.1) is 0 Å². The average molecular weight is 478 g/mol. The Balaban J connectivity index is 3.44. The lowest BCUT2D eigenvalue weighted by molar-refractivity contribution is 0.0741. The monoisotopic (exact) mass is 477 g/mol. The van der Waals surface area contributed by atoms with E-state index in [1.165, 1.54) is 63.5 Å². The standard InChI is InChI=1S/C24H55NO4Si2/c1-8-25(17-21-28-19-13-9-11-15-23-30(4,5)26-2)18-22-29-20-14-10-12-16-24-31(6,7)27-3/h8-24H2,1-7H3. The summed E-state index contributed by atoms with van der Waals surface area (Å²) in [6.07, 6.45) is 10.1. The SMILES string of the molecule is CCN(CCOCCCCCC[Si](C)(C)OC)CCOCCCCCC[Si](C)(C)OC. The topological polar surface area (TPSA) is 40.2 Å². The first-order valence-electron chi connectivity index (χ1n) is 12.7. The van der Waals surface area contributed by atoms with Crippen LogP contribution in [-0.2, 0) is 18.3 Å². The summed E-state index contributed by atoms with van der Waals surface area (Å²) in [5, 5.41) is 0. The van der Waals surface area contributed by atoms with Crippen LogP contribution >= 0.6 is 0 Å². The molecule has 0 atom stereocenters. The summed E-state index contributed by atoms with van der Waals surface area (Å²) < 4.78 is 22.9. The fraction of sp³-hybridized carbons (Fsp3) is 1.00. The van der Waals surface area contributed by atoms with Crippen molar-refractivity contribution >= 4 is 16.6 Å². The summed E-state index contributed by atoms with van der Waals surface area (Å²) in [7, 11) is 1.01. The van der Waals surface area contributed by atoms with Crippen molar-refractivity contribution in [2.45, 2.75) is 96.6 Å². The van der Waals surface area contributed by atoms with Crippen molar-refractivity contribution in [3.05, 3.63) is 0 Å². The highest BCUT2D eigenvalue weighted by Gasteiger charge is 2.19. The molecule has 0 saturated carbocycles. The van der Waals surface area contributed by atoms with Crippen molar-refractivity contribution in [2.75, 3.05) is 60.3 Å². The third-order valence-electron chi connectivity index (χ3n) is 6.29. The number of ether oxygens (including phenoxy) is 2. The summed E-state index contributed by atoms with van der Waals surface area (Å²) in [6, 6.07) is 2.54. The summed E-state index contributed by atoms with van der Waals surface area (Å²) in [5.74, 6) is 0. The zero-order chi connectivity index (χ0) is 23.4. The lowest BCUT2D eigenvalue weighted by Crippen LogP contribution is -2.31. The van der Waals surface area contributed by atoms with E-state index in [2.05, 4.69) is 38.0 Å². The first kappa shape index (κ1) is 31.2. The molecule has 0 bridgehead atoms. The Kier molecular flexibility index (Phi) is 19.8. The summed E-state index contributed by atoms with van der Waals surface area (Å²) in [4.78, 5) is 2.43. The second-order valence-electron chi connectivity index (χ2n) is 9.92. The van der Waals surface area contributed by atoms with Crippen molar-refractivity contribution in [2.24, 2.45) is 0 Å². The molecule has 0 heterocycles. The van der Waals surface area contributed by atoms with Crippen LogP contribution in [0.1, 0.15) is 58.3 Å². The van der Waals surface area contributed by atoms with Crippen molar-refractivity contribution in [3.8, 4) is 0 Å². The highest BCUT2D eigenvalue weighted by molar-refractivity contribution is 6.71. The minimum absolute atomic E-state index is 0.832. The van der Waals surface area contributed by atoms with E-state index in [1.807, 2.05) is 14.2 Å². The van der Waals surface area contributed by atoms with Crippen LogP contribution in [0.5, 0.6) is 0 Å². The lowest BCUT2D eigenvalue weighted by atomic mass is 10.2. The van der Waals surface area contributed by atoms with E-state index in [4.69, 9.17) is 18.3 Å². The molecule has 0 unspecified atom stereocenters. The predicted octanol–water partition coefficient (Wildman–Crippen LogP) is 6.17. The number of hydrogen-bond donors (Lipinski definition) is 0. The average Bonchev–Trinajstić information content (AvgIpc) is 2.75. The molecule has 0 amide bonds. The number of rotatable bonds is 23. The Morgan fingerprint density at radius 1 is 0.548 bits per heavy atom. The van der Waals surface area contributed by atoms with Crippen LogP contribution in [0.4, 0.5) is 0 Å². The Hall–Kier alpha value is 0.234. The van der Waals surface area contributed by atoms with Crippen molar-refractivity contribution in [3.63, 3.8) is 0 Å². The first-order valence-corrected chi connectivity index (χ1v) is 19.0. The number of nitrogens with zero attached hydrogens (tertiary/aromatic N) is 1. The molecule has 0 aromatic rings. The van der Waals surface area contributed by atoms with Crippen LogP contribution in [0.2, 0.25) is 38.3 Å². The maximum Gasteiger partial charge on any atom is 0.186 e. The molecule has 5 nitrogen and oxygen atoms in total. The Morgan fingerprint density at radius 2 is 0.935 bits per heavy atom. The minimum Gasteiger partial charge on any atom is -0.420 e. The van der Waals surface area contributed by atoms with Gasteiger partial charge >= 0.3 is 0 Å². The van der Waals surface area contributed by atoms with E-state index in [-0.39, 0.29) is 0 Å². The van der Waals surface area contributed by atoms with E-state index < -0.39 is 16.6 Å². The maximum atomic E-state index is 5.84. The molecular weight excluding hydrogens is 422 g/mol. The van der Waals surface area contributed by atoms with Crippen molar-refractivity contribution in [1.29, 1.82) is 0 Å². The molecular formula is C24H55NO4Si2. The van der Waals surface area contributed by atoms with E-state index in [9.17, 15) is 0 Å². The van der Waals surface area contributed by atoms with E-state index in [1.54, 1.807) is 0 Å². The van der Waals surface area contributed by atoms with Crippen molar-refractivity contribution in [1.82, 2.24) is 4.90 Å². The molecule has 31 heavy (non-hydrogen) atoms. The molecule has 0 radical (unpaired) electrons. The van der Waals surface area contributed by atoms with E-state index in [0.717, 1.165) is 46.1 Å². The van der Waals surface area contributed by atoms with Crippen LogP contribution < -0.4 is 0 Å². The molecule has 0 aliphatic carbocycles. The fourth-order valence-electron chi connectivity index (χ4n) is 3.44. The Labute approximate surface area is 196 Å². The lowest BCUT2D eigenvalue weighted by Gasteiger charge is -2.20. The van der Waals surface area contributed by atoms with Crippen LogP contribution in [0.3, 0.4) is 0 Å². The van der Waals surface area contributed by atoms with Gasteiger partial charge in [0.1, 0.15) is 0 Å². The van der Waals surface area contributed by atoms with Crippen LogP contribution in [0, 0.1) is 0 Å². The van der Waals surface area contributed by atoms with Crippen LogP contribution in [0.15, 0.2) is 0 Å². The normalized spacial score (nSPS) is 12.8. The van der Waals surface area contributed by atoms with Crippen molar-refractivity contribution < 1.29 is 18.3 Å². The summed E-state index contributed by atoms with van der Waals surface area (Å²) >= 11 is 0. The van der Waals surface area contributed by atoms with Gasteiger partial charge in [-0.05, 0) is 57.7 Å². The highest BCUT2D eigenvalue weighted by atomic mass is 28.4. The molecule has 0 aromatic carbocycles. The Morgan fingerprint density at radius 3 is 1.29 bits per heavy atom. The number of likely N-dealkylation sites (N-methyl/N-ethyl adjacent to an activating group) is 1. The van der Waals surface area contributed by atoms with Crippen LogP contribution in [-0.4, -0.2) is 81.8 Å². The Bertz CT molecular complexity index is 364. The molecule has 0 rings (SSSR count). The zero-order valence-electron chi connectivity index (χ0n) is 22.1. The number of unbranched alkanes of at least 4 members (excludes halogenated alkanes) is 6.